The van der Waals surface area contributed by atoms with Gasteiger partial charge in [0.2, 0.25) is 0 Å². The molecule has 1 atom stereocenters. The van der Waals surface area contributed by atoms with Crippen molar-refractivity contribution in [2.75, 3.05) is 13.1 Å². The molecule has 1 aliphatic rings. The van der Waals surface area contributed by atoms with Crippen LogP contribution in [0.25, 0.3) is 0 Å². The molecule has 1 aromatic heterocycles. The standard InChI is InChI=1S/C12H19N3O2/c1-14-10(6-9-4-3-5-13-8-9)7-11(16)15(2)12(14)17/h7,9,13H,3-6,8H2,1-2H3. The summed E-state index contributed by atoms with van der Waals surface area (Å²) in [6.45, 7) is 2.05. The van der Waals surface area contributed by atoms with Crippen LogP contribution in [0.3, 0.4) is 0 Å². The lowest BCUT2D eigenvalue weighted by Gasteiger charge is -2.23. The minimum Gasteiger partial charge on any atom is -0.316 e. The summed E-state index contributed by atoms with van der Waals surface area (Å²) in [5, 5.41) is 3.34. The van der Waals surface area contributed by atoms with E-state index in [2.05, 4.69) is 5.32 Å². The number of hydrogen-bond donors (Lipinski definition) is 1. The smallest absolute Gasteiger partial charge is 0.316 e. The summed E-state index contributed by atoms with van der Waals surface area (Å²) in [6, 6.07) is 1.58. The predicted octanol–water partition coefficient (Wildman–Crippen LogP) is -0.374. The molecule has 0 aromatic carbocycles. The van der Waals surface area contributed by atoms with Gasteiger partial charge in [-0.25, -0.2) is 4.79 Å². The fraction of sp³-hybridized carbons (Fsp3) is 0.667. The lowest BCUT2D eigenvalue weighted by molar-refractivity contribution is 0.368. The summed E-state index contributed by atoms with van der Waals surface area (Å²) in [6.07, 6.45) is 3.13. The second kappa shape index (κ2) is 4.87. The fourth-order valence-electron chi connectivity index (χ4n) is 2.37. The quantitative estimate of drug-likeness (QED) is 0.763. The maximum absolute atomic E-state index is 11.8. The summed E-state index contributed by atoms with van der Waals surface area (Å²) in [5.41, 5.74) is 0.384. The maximum Gasteiger partial charge on any atom is 0.330 e. The molecular weight excluding hydrogens is 218 g/mol. The van der Waals surface area contributed by atoms with E-state index in [4.69, 9.17) is 0 Å². The van der Waals surface area contributed by atoms with Gasteiger partial charge in [0.05, 0.1) is 0 Å². The van der Waals surface area contributed by atoms with Crippen molar-refractivity contribution in [2.45, 2.75) is 19.3 Å². The SMILES string of the molecule is Cn1c(CC2CCCNC2)cc(=O)n(C)c1=O. The highest BCUT2D eigenvalue weighted by atomic mass is 16.2. The molecule has 94 valence electrons. The van der Waals surface area contributed by atoms with Crippen LogP contribution in [0.4, 0.5) is 0 Å². The van der Waals surface area contributed by atoms with Crippen molar-refractivity contribution < 1.29 is 0 Å². The Bertz CT molecular complexity index is 509. The molecule has 0 aliphatic carbocycles. The van der Waals surface area contributed by atoms with Gasteiger partial charge in [-0.15, -0.1) is 0 Å². The molecule has 17 heavy (non-hydrogen) atoms. The van der Waals surface area contributed by atoms with Crippen LogP contribution in [0.15, 0.2) is 15.7 Å². The van der Waals surface area contributed by atoms with Crippen LogP contribution in [0.2, 0.25) is 0 Å². The number of hydrogen-bond acceptors (Lipinski definition) is 3. The first kappa shape index (κ1) is 12.1. The van der Waals surface area contributed by atoms with E-state index in [1.165, 1.54) is 13.5 Å². The zero-order valence-corrected chi connectivity index (χ0v) is 10.4. The van der Waals surface area contributed by atoms with Crippen LogP contribution in [-0.4, -0.2) is 22.2 Å². The van der Waals surface area contributed by atoms with Crippen molar-refractivity contribution in [3.8, 4) is 0 Å². The van der Waals surface area contributed by atoms with Crippen molar-refractivity contribution in [1.82, 2.24) is 14.5 Å². The molecule has 0 radical (unpaired) electrons. The third-order valence-corrected chi connectivity index (χ3v) is 3.52. The molecule has 0 amide bonds. The first-order valence-corrected chi connectivity index (χ1v) is 6.06. The van der Waals surface area contributed by atoms with Gasteiger partial charge in [0.15, 0.2) is 0 Å². The first-order chi connectivity index (χ1) is 8.09. The molecule has 1 saturated heterocycles. The molecule has 1 unspecified atom stereocenters. The van der Waals surface area contributed by atoms with Crippen LogP contribution in [0.1, 0.15) is 18.5 Å². The molecule has 1 aliphatic heterocycles. The van der Waals surface area contributed by atoms with Crippen molar-refractivity contribution in [2.24, 2.45) is 20.0 Å². The Labute approximate surface area is 100 Å². The monoisotopic (exact) mass is 237 g/mol. The number of piperidine rings is 1. The average Bonchev–Trinajstić information content (AvgIpc) is 2.35. The molecule has 5 heteroatoms. The molecule has 0 bridgehead atoms. The molecule has 1 fully saturated rings. The van der Waals surface area contributed by atoms with Gasteiger partial charge < -0.3 is 9.88 Å². The lowest BCUT2D eigenvalue weighted by atomic mass is 9.94. The zero-order valence-electron chi connectivity index (χ0n) is 10.4. The molecule has 5 nitrogen and oxygen atoms in total. The van der Waals surface area contributed by atoms with Crippen molar-refractivity contribution in [1.29, 1.82) is 0 Å². The predicted molar refractivity (Wildman–Crippen MR) is 66.2 cm³/mol. The summed E-state index contributed by atoms with van der Waals surface area (Å²) in [4.78, 5) is 23.4. The Morgan fingerprint density at radius 2 is 2.12 bits per heavy atom. The maximum atomic E-state index is 11.8. The van der Waals surface area contributed by atoms with E-state index in [0.717, 1.165) is 36.2 Å². The van der Waals surface area contributed by atoms with E-state index in [9.17, 15) is 9.59 Å². The average molecular weight is 237 g/mol. The van der Waals surface area contributed by atoms with Gasteiger partial charge >= 0.3 is 5.69 Å². The Balaban J connectivity index is 2.27. The largest absolute Gasteiger partial charge is 0.330 e. The van der Waals surface area contributed by atoms with Gasteiger partial charge in [0.25, 0.3) is 5.56 Å². The zero-order chi connectivity index (χ0) is 12.4. The highest BCUT2D eigenvalue weighted by Gasteiger charge is 2.16. The van der Waals surface area contributed by atoms with Gasteiger partial charge in [-0.05, 0) is 38.3 Å². The van der Waals surface area contributed by atoms with Crippen LogP contribution < -0.4 is 16.6 Å². The van der Waals surface area contributed by atoms with Crippen LogP contribution >= 0.6 is 0 Å². The third kappa shape index (κ3) is 2.49. The molecule has 0 spiro atoms. The van der Waals surface area contributed by atoms with E-state index in [1.54, 1.807) is 17.7 Å². The highest BCUT2D eigenvalue weighted by Crippen LogP contribution is 2.14. The molecule has 0 saturated carbocycles. The van der Waals surface area contributed by atoms with Crippen molar-refractivity contribution in [3.05, 3.63) is 32.6 Å². The summed E-state index contributed by atoms with van der Waals surface area (Å²) >= 11 is 0. The van der Waals surface area contributed by atoms with E-state index >= 15 is 0 Å². The van der Waals surface area contributed by atoms with Gasteiger partial charge in [-0.1, -0.05) is 0 Å². The van der Waals surface area contributed by atoms with E-state index in [-0.39, 0.29) is 11.2 Å². The van der Waals surface area contributed by atoms with Gasteiger partial charge in [0.1, 0.15) is 0 Å². The second-order valence-corrected chi connectivity index (χ2v) is 4.79. The van der Waals surface area contributed by atoms with E-state index in [0.29, 0.717) is 5.92 Å². The molecule has 2 rings (SSSR count). The molecule has 2 heterocycles. The van der Waals surface area contributed by atoms with E-state index in [1.807, 2.05) is 0 Å². The van der Waals surface area contributed by atoms with Crippen molar-refractivity contribution >= 4 is 0 Å². The second-order valence-electron chi connectivity index (χ2n) is 4.79. The number of nitrogens with one attached hydrogen (secondary N) is 1. The van der Waals surface area contributed by atoms with Crippen LogP contribution in [0, 0.1) is 5.92 Å². The molecule has 1 aromatic rings. The Hall–Kier alpha value is -1.36. The number of nitrogens with zero attached hydrogens (tertiary/aromatic N) is 2. The third-order valence-electron chi connectivity index (χ3n) is 3.52. The normalized spacial score (nSPS) is 20.5. The van der Waals surface area contributed by atoms with Crippen LogP contribution in [0.5, 0.6) is 0 Å². The summed E-state index contributed by atoms with van der Waals surface area (Å²) in [7, 11) is 3.24. The molecule has 1 N–H and O–H groups in total. The number of aromatic nitrogens is 2. The minimum atomic E-state index is -0.240. The first-order valence-electron chi connectivity index (χ1n) is 6.06. The fourth-order valence-corrected chi connectivity index (χ4v) is 2.37. The summed E-state index contributed by atoms with van der Waals surface area (Å²) in [5.74, 6) is 0.529. The van der Waals surface area contributed by atoms with Crippen LogP contribution in [-0.2, 0) is 20.5 Å². The van der Waals surface area contributed by atoms with Crippen molar-refractivity contribution in [3.63, 3.8) is 0 Å². The Morgan fingerprint density at radius 1 is 1.35 bits per heavy atom. The lowest BCUT2D eigenvalue weighted by Crippen LogP contribution is -2.39. The molecular formula is C12H19N3O2. The van der Waals surface area contributed by atoms with Gasteiger partial charge in [-0.3, -0.25) is 9.36 Å². The summed E-state index contributed by atoms with van der Waals surface area (Å²) < 4.78 is 2.72. The Morgan fingerprint density at radius 3 is 2.76 bits per heavy atom. The number of rotatable bonds is 2. The highest BCUT2D eigenvalue weighted by molar-refractivity contribution is 5.03. The van der Waals surface area contributed by atoms with Gasteiger partial charge in [0, 0.05) is 25.9 Å². The van der Waals surface area contributed by atoms with Gasteiger partial charge in [-0.2, -0.15) is 0 Å². The Kier molecular flexibility index (Phi) is 3.47. The van der Waals surface area contributed by atoms with E-state index < -0.39 is 0 Å². The minimum absolute atomic E-state index is 0.216. The topological polar surface area (TPSA) is 56.0 Å².